The van der Waals surface area contributed by atoms with Gasteiger partial charge < -0.3 is 15.8 Å². The Bertz CT molecular complexity index is 360. The van der Waals surface area contributed by atoms with Crippen molar-refractivity contribution in [3.63, 3.8) is 0 Å². The van der Waals surface area contributed by atoms with Gasteiger partial charge in [-0.1, -0.05) is 0 Å². The molecule has 1 unspecified atom stereocenters. The van der Waals surface area contributed by atoms with Gasteiger partial charge in [0.2, 0.25) is 0 Å². The van der Waals surface area contributed by atoms with Crippen molar-refractivity contribution in [1.29, 1.82) is 0 Å². The van der Waals surface area contributed by atoms with E-state index >= 15 is 0 Å². The first-order chi connectivity index (χ1) is 8.65. The summed E-state index contributed by atoms with van der Waals surface area (Å²) in [6, 6.07) is 0. The molecule has 0 aromatic heterocycles. The fraction of sp³-hybridized carbons (Fsp3) is 0.929. The highest BCUT2D eigenvalue weighted by Crippen LogP contribution is 2.64. The van der Waals surface area contributed by atoms with Crippen LogP contribution in [0.1, 0.15) is 38.5 Å². The van der Waals surface area contributed by atoms with Crippen LogP contribution in [0.4, 0.5) is 4.79 Å². The Kier molecular flexibility index (Phi) is 2.10. The van der Waals surface area contributed by atoms with Crippen LogP contribution in [-0.2, 0) is 4.74 Å². The Morgan fingerprint density at radius 2 is 1.72 bits per heavy atom. The number of alkyl carbamates (subject to hydrolysis) is 1. The normalized spacial score (nSPS) is 53.4. The van der Waals surface area contributed by atoms with Gasteiger partial charge in [0, 0.05) is 12.0 Å². The lowest BCUT2D eigenvalue weighted by Crippen LogP contribution is -2.62. The molecule has 3 N–H and O–H groups in total. The van der Waals surface area contributed by atoms with Crippen LogP contribution in [0.2, 0.25) is 0 Å². The third-order valence-electron chi connectivity index (χ3n) is 6.14. The summed E-state index contributed by atoms with van der Waals surface area (Å²) in [4.78, 5) is 11.5. The van der Waals surface area contributed by atoms with Gasteiger partial charge >= 0.3 is 6.09 Å². The van der Waals surface area contributed by atoms with Crippen LogP contribution in [-0.4, -0.2) is 24.8 Å². The highest BCUT2D eigenvalue weighted by atomic mass is 16.6. The number of nitrogens with one attached hydrogen (secondary N) is 1. The van der Waals surface area contributed by atoms with E-state index in [4.69, 9.17) is 10.5 Å². The molecule has 4 nitrogen and oxygen atoms in total. The lowest BCUT2D eigenvalue weighted by molar-refractivity contribution is -0.157. The Morgan fingerprint density at radius 1 is 1.17 bits per heavy atom. The summed E-state index contributed by atoms with van der Waals surface area (Å²) in [7, 11) is 0. The zero-order valence-electron chi connectivity index (χ0n) is 10.8. The average molecular weight is 250 g/mol. The zero-order valence-corrected chi connectivity index (χ0v) is 10.8. The second kappa shape index (κ2) is 3.41. The van der Waals surface area contributed by atoms with Gasteiger partial charge in [-0.05, 0) is 56.3 Å². The molecule has 1 atom stereocenters. The number of rotatable bonds is 2. The molecule has 1 saturated heterocycles. The van der Waals surface area contributed by atoms with Gasteiger partial charge in [-0.15, -0.1) is 0 Å². The third kappa shape index (κ3) is 1.27. The highest BCUT2D eigenvalue weighted by molar-refractivity contribution is 5.70. The minimum Gasteiger partial charge on any atom is -0.439 e. The summed E-state index contributed by atoms with van der Waals surface area (Å²) in [6.45, 7) is 1.09. The van der Waals surface area contributed by atoms with Crippen molar-refractivity contribution in [2.24, 2.45) is 28.9 Å². The average Bonchev–Trinajstić information content (AvgIpc) is 2.71. The molecule has 5 aliphatic rings. The van der Waals surface area contributed by atoms with Gasteiger partial charge in [0.1, 0.15) is 5.60 Å². The standard InChI is InChI=1S/C14H22N2O2/c15-7-14(8-16-12(17)18-14)13-4-9-1-10(5-13)3-11(2-9)6-13/h9-11H,1-8,15H2,(H,16,17). The number of carbonyl (C=O) groups is 1. The number of cyclic esters (lactones) is 1. The first kappa shape index (κ1) is 11.1. The Hall–Kier alpha value is -0.770. The van der Waals surface area contributed by atoms with Crippen molar-refractivity contribution in [1.82, 2.24) is 5.32 Å². The monoisotopic (exact) mass is 250 g/mol. The maximum atomic E-state index is 11.5. The van der Waals surface area contributed by atoms with Gasteiger partial charge in [-0.3, -0.25) is 0 Å². The first-order valence-corrected chi connectivity index (χ1v) is 7.32. The lowest BCUT2D eigenvalue weighted by atomic mass is 9.45. The van der Waals surface area contributed by atoms with Crippen LogP contribution < -0.4 is 11.1 Å². The summed E-state index contributed by atoms with van der Waals surface area (Å²) < 4.78 is 5.71. The summed E-state index contributed by atoms with van der Waals surface area (Å²) in [5, 5.41) is 2.85. The van der Waals surface area contributed by atoms with E-state index in [1.165, 1.54) is 38.5 Å². The largest absolute Gasteiger partial charge is 0.439 e. The van der Waals surface area contributed by atoms with E-state index in [-0.39, 0.29) is 11.5 Å². The van der Waals surface area contributed by atoms with Gasteiger partial charge in [0.25, 0.3) is 0 Å². The number of amides is 1. The fourth-order valence-electron chi connectivity index (χ4n) is 5.76. The second-order valence-electron chi connectivity index (χ2n) is 7.14. The Labute approximate surface area is 108 Å². The minimum absolute atomic E-state index is 0.176. The maximum absolute atomic E-state index is 11.5. The van der Waals surface area contributed by atoms with Crippen molar-refractivity contribution in [3.05, 3.63) is 0 Å². The van der Waals surface area contributed by atoms with E-state index in [1.807, 2.05) is 0 Å². The van der Waals surface area contributed by atoms with Crippen LogP contribution in [0, 0.1) is 23.2 Å². The number of hydrogen-bond acceptors (Lipinski definition) is 3. The molecule has 4 saturated carbocycles. The molecule has 1 heterocycles. The molecule has 0 aromatic rings. The first-order valence-electron chi connectivity index (χ1n) is 7.32. The van der Waals surface area contributed by atoms with Crippen LogP contribution in [0.3, 0.4) is 0 Å². The number of nitrogens with two attached hydrogens (primary N) is 1. The van der Waals surface area contributed by atoms with Crippen molar-refractivity contribution in [2.45, 2.75) is 44.1 Å². The van der Waals surface area contributed by atoms with Crippen molar-refractivity contribution < 1.29 is 9.53 Å². The Balaban J connectivity index is 1.72. The summed E-state index contributed by atoms with van der Waals surface area (Å²) in [5.74, 6) is 2.58. The number of carbonyl (C=O) groups excluding carboxylic acids is 1. The van der Waals surface area contributed by atoms with E-state index in [0.29, 0.717) is 13.1 Å². The summed E-state index contributed by atoms with van der Waals surface area (Å²) in [5.41, 5.74) is 5.79. The lowest BCUT2D eigenvalue weighted by Gasteiger charge is -2.61. The van der Waals surface area contributed by atoms with Crippen molar-refractivity contribution in [3.8, 4) is 0 Å². The molecule has 0 spiro atoms. The van der Waals surface area contributed by atoms with E-state index in [2.05, 4.69) is 5.32 Å². The second-order valence-corrected chi connectivity index (χ2v) is 7.14. The van der Waals surface area contributed by atoms with E-state index in [0.717, 1.165) is 17.8 Å². The maximum Gasteiger partial charge on any atom is 0.407 e. The fourth-order valence-corrected chi connectivity index (χ4v) is 5.76. The molecular formula is C14H22N2O2. The summed E-state index contributed by atoms with van der Waals surface area (Å²) in [6.07, 6.45) is 7.63. The van der Waals surface area contributed by atoms with Crippen LogP contribution >= 0.6 is 0 Å². The zero-order chi connectivity index (χ0) is 12.4. The van der Waals surface area contributed by atoms with E-state index in [9.17, 15) is 4.79 Å². The minimum atomic E-state index is -0.417. The van der Waals surface area contributed by atoms with Gasteiger partial charge in [0.05, 0.1) is 6.54 Å². The molecule has 5 rings (SSSR count). The topological polar surface area (TPSA) is 64.3 Å². The van der Waals surface area contributed by atoms with Crippen LogP contribution in [0.25, 0.3) is 0 Å². The molecular weight excluding hydrogens is 228 g/mol. The van der Waals surface area contributed by atoms with Crippen molar-refractivity contribution in [2.75, 3.05) is 13.1 Å². The van der Waals surface area contributed by atoms with Gasteiger partial charge in [-0.2, -0.15) is 0 Å². The molecule has 100 valence electrons. The van der Waals surface area contributed by atoms with E-state index in [1.54, 1.807) is 0 Å². The van der Waals surface area contributed by atoms with Gasteiger partial charge in [0.15, 0.2) is 0 Å². The summed E-state index contributed by atoms with van der Waals surface area (Å²) >= 11 is 0. The molecule has 1 amide bonds. The Morgan fingerprint density at radius 3 is 2.11 bits per heavy atom. The molecule has 0 radical (unpaired) electrons. The molecule has 1 aliphatic heterocycles. The van der Waals surface area contributed by atoms with Crippen LogP contribution in [0.5, 0.6) is 0 Å². The molecule has 5 fully saturated rings. The van der Waals surface area contributed by atoms with Crippen molar-refractivity contribution >= 4 is 6.09 Å². The third-order valence-corrected chi connectivity index (χ3v) is 6.14. The molecule has 4 aliphatic carbocycles. The number of hydrogen-bond donors (Lipinski definition) is 2. The quantitative estimate of drug-likeness (QED) is 0.783. The highest BCUT2D eigenvalue weighted by Gasteiger charge is 2.63. The predicted octanol–water partition coefficient (Wildman–Crippen LogP) is 1.64. The smallest absolute Gasteiger partial charge is 0.407 e. The van der Waals surface area contributed by atoms with Crippen LogP contribution in [0.15, 0.2) is 0 Å². The molecule has 18 heavy (non-hydrogen) atoms. The van der Waals surface area contributed by atoms with Gasteiger partial charge in [-0.25, -0.2) is 4.79 Å². The SMILES string of the molecule is NCC1(C23CC4CC(CC(C4)C2)C3)CNC(=O)O1. The number of ether oxygens (including phenoxy) is 1. The molecule has 0 aromatic carbocycles. The molecule has 4 heteroatoms. The molecule has 4 bridgehead atoms. The predicted molar refractivity (Wildman–Crippen MR) is 66.9 cm³/mol. The van der Waals surface area contributed by atoms with E-state index < -0.39 is 5.60 Å².